The fraction of sp³-hybridized carbons (Fsp3) is 0.231. The molecule has 0 spiro atoms. The topological polar surface area (TPSA) is 81.9 Å². The summed E-state index contributed by atoms with van der Waals surface area (Å²) in [6.45, 7) is 1.24. The molecular formula is C13H13N5O2S. The summed E-state index contributed by atoms with van der Waals surface area (Å²) in [5.74, 6) is -0.272. The fourth-order valence-electron chi connectivity index (χ4n) is 1.96. The standard InChI is InChI=1S/C13H13N5O2S/c1-20-5-4-18-12-6-10(3-2-9(12)7-14-18)15-13(19)11-8-21-17-16-11/h2-3,6-8H,4-5H2,1H3,(H,15,19). The molecule has 0 bridgehead atoms. The van der Waals surface area contributed by atoms with E-state index in [1.807, 2.05) is 22.9 Å². The van der Waals surface area contributed by atoms with Crippen molar-refractivity contribution >= 4 is 34.0 Å². The Hall–Kier alpha value is -2.32. The number of nitrogens with zero attached hydrogens (tertiary/aromatic N) is 4. The third-order valence-electron chi connectivity index (χ3n) is 3.00. The van der Waals surface area contributed by atoms with E-state index in [0.717, 1.165) is 22.4 Å². The van der Waals surface area contributed by atoms with E-state index in [9.17, 15) is 4.79 Å². The minimum absolute atomic E-state index is 0.272. The number of ether oxygens (including phenoxy) is 1. The van der Waals surface area contributed by atoms with Gasteiger partial charge in [0, 0.05) is 23.6 Å². The summed E-state index contributed by atoms with van der Waals surface area (Å²) in [4.78, 5) is 12.0. The van der Waals surface area contributed by atoms with Crippen LogP contribution in [-0.2, 0) is 11.3 Å². The van der Waals surface area contributed by atoms with Gasteiger partial charge in [-0.2, -0.15) is 5.10 Å². The molecule has 7 nitrogen and oxygen atoms in total. The summed E-state index contributed by atoms with van der Waals surface area (Å²) >= 11 is 1.14. The lowest BCUT2D eigenvalue weighted by atomic mass is 10.2. The van der Waals surface area contributed by atoms with Gasteiger partial charge in [-0.1, -0.05) is 4.49 Å². The first-order chi connectivity index (χ1) is 10.3. The van der Waals surface area contributed by atoms with Gasteiger partial charge < -0.3 is 10.1 Å². The van der Waals surface area contributed by atoms with Crippen LogP contribution in [0.25, 0.3) is 10.9 Å². The number of hydrogen-bond acceptors (Lipinski definition) is 6. The average Bonchev–Trinajstić information content (AvgIpc) is 3.15. The summed E-state index contributed by atoms with van der Waals surface area (Å²) in [5.41, 5.74) is 1.95. The van der Waals surface area contributed by atoms with Crippen LogP contribution in [0.3, 0.4) is 0 Å². The van der Waals surface area contributed by atoms with E-state index in [2.05, 4.69) is 20.0 Å². The number of methoxy groups -OCH3 is 1. The van der Waals surface area contributed by atoms with Gasteiger partial charge in [-0.15, -0.1) is 5.10 Å². The number of anilines is 1. The largest absolute Gasteiger partial charge is 0.383 e. The first kappa shape index (κ1) is 13.7. The minimum Gasteiger partial charge on any atom is -0.383 e. The minimum atomic E-state index is -0.272. The van der Waals surface area contributed by atoms with Crippen LogP contribution in [0.5, 0.6) is 0 Å². The molecule has 0 fully saturated rings. The second-order valence-electron chi connectivity index (χ2n) is 4.38. The molecule has 0 saturated carbocycles. The van der Waals surface area contributed by atoms with E-state index in [0.29, 0.717) is 24.5 Å². The molecule has 0 aliphatic heterocycles. The van der Waals surface area contributed by atoms with Crippen LogP contribution in [0.4, 0.5) is 5.69 Å². The molecule has 0 aliphatic rings. The van der Waals surface area contributed by atoms with Crippen LogP contribution >= 0.6 is 11.5 Å². The molecular weight excluding hydrogens is 290 g/mol. The zero-order chi connectivity index (χ0) is 14.7. The third-order valence-corrected chi connectivity index (χ3v) is 3.51. The van der Waals surface area contributed by atoms with Gasteiger partial charge in [-0.25, -0.2) is 0 Å². The summed E-state index contributed by atoms with van der Waals surface area (Å²) in [6.07, 6.45) is 1.79. The van der Waals surface area contributed by atoms with Crippen molar-refractivity contribution in [3.8, 4) is 0 Å². The van der Waals surface area contributed by atoms with Crippen molar-refractivity contribution in [3.05, 3.63) is 35.5 Å². The number of carbonyl (C=O) groups excluding carboxylic acids is 1. The number of fused-ring (bicyclic) bond motifs is 1. The Balaban J connectivity index is 1.84. The Bertz CT molecular complexity index is 753. The SMILES string of the molecule is COCCn1ncc2ccc(NC(=O)c3csnn3)cc21. The van der Waals surface area contributed by atoms with Gasteiger partial charge in [0.1, 0.15) is 0 Å². The first-order valence-electron chi connectivity index (χ1n) is 6.31. The van der Waals surface area contributed by atoms with Crippen LogP contribution in [0.15, 0.2) is 29.8 Å². The Morgan fingerprint density at radius 3 is 3.14 bits per heavy atom. The van der Waals surface area contributed by atoms with Gasteiger partial charge in [-0.05, 0) is 29.7 Å². The molecule has 2 aromatic heterocycles. The van der Waals surface area contributed by atoms with E-state index < -0.39 is 0 Å². The van der Waals surface area contributed by atoms with Crippen LogP contribution in [0.2, 0.25) is 0 Å². The van der Waals surface area contributed by atoms with Gasteiger partial charge >= 0.3 is 0 Å². The van der Waals surface area contributed by atoms with Gasteiger partial charge in [-0.3, -0.25) is 9.48 Å². The number of aromatic nitrogens is 4. The Labute approximate surface area is 124 Å². The highest BCUT2D eigenvalue weighted by molar-refractivity contribution is 7.03. The lowest BCUT2D eigenvalue weighted by molar-refractivity contribution is 0.102. The number of benzene rings is 1. The van der Waals surface area contributed by atoms with Crippen LogP contribution in [0, 0.1) is 0 Å². The van der Waals surface area contributed by atoms with Crippen molar-refractivity contribution in [1.82, 2.24) is 19.4 Å². The second kappa shape index (κ2) is 5.98. The molecule has 108 valence electrons. The molecule has 0 atom stereocenters. The zero-order valence-corrected chi connectivity index (χ0v) is 12.1. The molecule has 0 unspecified atom stereocenters. The van der Waals surface area contributed by atoms with Crippen LogP contribution in [-0.4, -0.2) is 39.0 Å². The molecule has 1 N–H and O–H groups in total. The lowest BCUT2D eigenvalue weighted by Gasteiger charge is -2.06. The first-order valence-corrected chi connectivity index (χ1v) is 7.14. The van der Waals surface area contributed by atoms with Crippen molar-refractivity contribution in [2.75, 3.05) is 19.0 Å². The van der Waals surface area contributed by atoms with Crippen LogP contribution in [0.1, 0.15) is 10.5 Å². The Kier molecular flexibility index (Phi) is 3.89. The fourth-order valence-corrected chi connectivity index (χ4v) is 2.40. The highest BCUT2D eigenvalue weighted by Crippen LogP contribution is 2.19. The summed E-state index contributed by atoms with van der Waals surface area (Å²) in [7, 11) is 1.65. The predicted molar refractivity (Wildman–Crippen MR) is 79.5 cm³/mol. The molecule has 0 radical (unpaired) electrons. The third kappa shape index (κ3) is 2.91. The van der Waals surface area contributed by atoms with Crippen LogP contribution < -0.4 is 5.32 Å². The van der Waals surface area contributed by atoms with E-state index in [4.69, 9.17) is 4.74 Å². The number of nitrogens with one attached hydrogen (secondary N) is 1. The normalized spacial score (nSPS) is 10.9. The molecule has 1 aromatic carbocycles. The monoisotopic (exact) mass is 303 g/mol. The van der Waals surface area contributed by atoms with Gasteiger partial charge in [0.05, 0.1) is 24.9 Å². The molecule has 3 aromatic rings. The molecule has 2 heterocycles. The lowest BCUT2D eigenvalue weighted by Crippen LogP contribution is -2.12. The maximum Gasteiger partial charge on any atom is 0.277 e. The molecule has 0 saturated heterocycles. The molecule has 0 aliphatic carbocycles. The average molecular weight is 303 g/mol. The number of rotatable bonds is 5. The van der Waals surface area contributed by atoms with Crippen molar-refractivity contribution in [2.45, 2.75) is 6.54 Å². The number of amides is 1. The second-order valence-corrected chi connectivity index (χ2v) is 4.99. The number of hydrogen-bond donors (Lipinski definition) is 1. The van der Waals surface area contributed by atoms with Gasteiger partial charge in [0.25, 0.3) is 5.91 Å². The molecule has 3 rings (SSSR count). The summed E-state index contributed by atoms with van der Waals surface area (Å²) in [5, 5.41) is 13.5. The van der Waals surface area contributed by atoms with Gasteiger partial charge in [0.15, 0.2) is 5.69 Å². The molecule has 1 amide bonds. The van der Waals surface area contributed by atoms with E-state index >= 15 is 0 Å². The maximum atomic E-state index is 12.0. The Morgan fingerprint density at radius 2 is 2.38 bits per heavy atom. The highest BCUT2D eigenvalue weighted by Gasteiger charge is 2.10. The van der Waals surface area contributed by atoms with Crippen molar-refractivity contribution in [1.29, 1.82) is 0 Å². The molecule has 21 heavy (non-hydrogen) atoms. The van der Waals surface area contributed by atoms with Crippen molar-refractivity contribution in [3.63, 3.8) is 0 Å². The van der Waals surface area contributed by atoms with Gasteiger partial charge in [0.2, 0.25) is 0 Å². The summed E-state index contributed by atoms with van der Waals surface area (Å²) in [6, 6.07) is 5.64. The molecule has 8 heteroatoms. The van der Waals surface area contributed by atoms with Crippen molar-refractivity contribution < 1.29 is 9.53 Å². The van der Waals surface area contributed by atoms with E-state index in [-0.39, 0.29) is 5.91 Å². The van der Waals surface area contributed by atoms with E-state index in [1.54, 1.807) is 18.7 Å². The number of carbonyl (C=O) groups is 1. The smallest absolute Gasteiger partial charge is 0.277 e. The zero-order valence-electron chi connectivity index (χ0n) is 11.3. The maximum absolute atomic E-state index is 12.0. The van der Waals surface area contributed by atoms with E-state index in [1.165, 1.54) is 0 Å². The highest BCUT2D eigenvalue weighted by atomic mass is 32.1. The predicted octanol–water partition coefficient (Wildman–Crippen LogP) is 1.79. The quantitative estimate of drug-likeness (QED) is 0.777. The van der Waals surface area contributed by atoms with Crippen molar-refractivity contribution in [2.24, 2.45) is 0 Å². The Morgan fingerprint density at radius 1 is 1.48 bits per heavy atom. The summed E-state index contributed by atoms with van der Waals surface area (Å²) < 4.78 is 10.6.